The highest BCUT2D eigenvalue weighted by molar-refractivity contribution is 5.96. The number of carboxylic acid groups (broad SMARTS) is 1. The van der Waals surface area contributed by atoms with E-state index in [0.29, 0.717) is 60.4 Å². The molecule has 2 aromatic carbocycles. The van der Waals surface area contributed by atoms with Crippen molar-refractivity contribution in [3.63, 3.8) is 0 Å². The number of aliphatic carboxylic acids is 1. The van der Waals surface area contributed by atoms with Gasteiger partial charge in [-0.05, 0) is 116 Å². The Bertz CT molecular complexity index is 2460. The summed E-state index contributed by atoms with van der Waals surface area (Å²) >= 11 is 0. The van der Waals surface area contributed by atoms with Gasteiger partial charge in [0.05, 0.1) is 22.0 Å². The van der Waals surface area contributed by atoms with Gasteiger partial charge in [0, 0.05) is 51.7 Å². The Balaban J connectivity index is 0.000000304. The van der Waals surface area contributed by atoms with Crippen LogP contribution in [0.3, 0.4) is 0 Å². The SMILES string of the molecule is C.CC(C)(C)OC(=O)N1CCCCC1C(=O)O.CNc1ccc(Oc2ccnc(N)c2)cc1[N+](=O)[O-].CNc1ccc(Oc2ccnc(NC(=O)C3CCCCN3C(=O)OC(C)(C)C)c2)cc1[N+](=O)[O-]. The highest BCUT2D eigenvalue weighted by atomic mass is 16.6. The van der Waals surface area contributed by atoms with Gasteiger partial charge in [-0.2, -0.15) is 0 Å². The Labute approximate surface area is 406 Å². The minimum absolute atomic E-state index is 0. The third kappa shape index (κ3) is 17.3. The maximum Gasteiger partial charge on any atom is 0.411 e. The first-order valence-electron chi connectivity index (χ1n) is 22.0. The van der Waals surface area contributed by atoms with Crippen LogP contribution in [-0.4, -0.2) is 109 Å². The Morgan fingerprint density at radius 1 is 0.671 bits per heavy atom. The molecule has 23 heteroatoms. The number of aromatic nitrogens is 2. The number of anilines is 4. The summed E-state index contributed by atoms with van der Waals surface area (Å²) in [6, 6.07) is 13.9. The predicted octanol–water partition coefficient (Wildman–Crippen LogP) is 9.45. The fourth-order valence-electron chi connectivity index (χ4n) is 6.86. The highest BCUT2D eigenvalue weighted by Crippen LogP contribution is 2.33. The number of nitrogens with two attached hydrogens (primary N) is 1. The maximum absolute atomic E-state index is 13.0. The van der Waals surface area contributed by atoms with Crippen LogP contribution in [0.4, 0.5) is 44.0 Å². The van der Waals surface area contributed by atoms with Gasteiger partial charge in [-0.25, -0.2) is 24.4 Å². The van der Waals surface area contributed by atoms with Crippen LogP contribution >= 0.6 is 0 Å². The molecule has 2 aliphatic heterocycles. The molecule has 380 valence electrons. The van der Waals surface area contributed by atoms with Gasteiger partial charge in [0.25, 0.3) is 11.4 Å². The number of nitro benzene ring substituents is 2. The molecule has 3 amide bonds. The van der Waals surface area contributed by atoms with Gasteiger partial charge in [0.15, 0.2) is 0 Å². The molecule has 4 aromatic rings. The number of nitrogens with one attached hydrogen (secondary N) is 3. The summed E-state index contributed by atoms with van der Waals surface area (Å²) in [6.07, 6.45) is 6.22. The van der Waals surface area contributed by atoms with Crippen LogP contribution in [0.15, 0.2) is 73.1 Å². The number of nitrogen functional groups attached to an aromatic ring is 1. The first-order chi connectivity index (χ1) is 32.5. The number of rotatable bonds is 11. The van der Waals surface area contributed by atoms with Gasteiger partial charge in [0.2, 0.25) is 5.91 Å². The van der Waals surface area contributed by atoms with Crippen LogP contribution in [-0.2, 0) is 19.1 Å². The molecule has 0 saturated carbocycles. The molecule has 2 unspecified atom stereocenters. The van der Waals surface area contributed by atoms with Crippen molar-refractivity contribution in [3.05, 3.63) is 93.3 Å². The van der Waals surface area contributed by atoms with E-state index in [-0.39, 0.29) is 36.3 Å². The zero-order chi connectivity index (χ0) is 51.1. The quantitative estimate of drug-likeness (QED) is 0.0690. The molecule has 70 heavy (non-hydrogen) atoms. The number of nitrogens with zero attached hydrogens (tertiary/aromatic N) is 6. The van der Waals surface area contributed by atoms with Crippen molar-refractivity contribution in [3.8, 4) is 23.0 Å². The Morgan fingerprint density at radius 3 is 1.53 bits per heavy atom. The molecule has 6 rings (SSSR count). The number of benzene rings is 2. The molecule has 4 heterocycles. The standard InChI is InChI=1S/C23H29N5O6.C12H12N4O3.C11H19NO4.CH4/c1-23(2,3)34-22(30)27-12-6-5-7-18(27)21(29)26-20-14-16(10-11-25-20)33-15-8-9-17(24-4)19(13-15)28(31)32;1-14-10-3-2-8(6-11(10)16(17)18)19-9-4-5-15-12(13)7-9;1-11(2,3)16-10(15)12-7-5-4-6-8(12)9(13)14;/h8-11,13-14,18,24H,5-7,12H2,1-4H3,(H,25,26,29);2-7,14H,1H3,(H2,13,15);8H,4-7H2,1-3H3,(H,13,14);1H4. The summed E-state index contributed by atoms with van der Waals surface area (Å²) in [6.45, 7) is 11.5. The zero-order valence-electron chi connectivity index (χ0n) is 39.8. The third-order valence-corrected chi connectivity index (χ3v) is 9.93. The van der Waals surface area contributed by atoms with E-state index in [2.05, 4.69) is 25.9 Å². The molecule has 2 aliphatic rings. The third-order valence-electron chi connectivity index (χ3n) is 9.93. The molecule has 2 fully saturated rings. The van der Waals surface area contributed by atoms with Crippen LogP contribution in [0, 0.1) is 20.2 Å². The van der Waals surface area contributed by atoms with Gasteiger partial charge in [0.1, 0.15) is 69.3 Å². The summed E-state index contributed by atoms with van der Waals surface area (Å²) < 4.78 is 21.9. The number of pyridine rings is 2. The molecule has 6 N–H and O–H groups in total. The number of hydrogen-bond acceptors (Lipinski definition) is 17. The number of amides is 3. The molecule has 2 aromatic heterocycles. The van der Waals surface area contributed by atoms with E-state index >= 15 is 0 Å². The molecular weight excluding hydrogens is 913 g/mol. The normalized spacial score (nSPS) is 15.4. The summed E-state index contributed by atoms with van der Waals surface area (Å²) in [7, 11) is 3.21. The number of carbonyl (C=O) groups excluding carboxylic acids is 3. The van der Waals surface area contributed by atoms with E-state index in [1.165, 1.54) is 46.5 Å². The topological polar surface area (TPSA) is 306 Å². The maximum atomic E-state index is 13.0. The van der Waals surface area contributed by atoms with Crippen LogP contribution in [0.25, 0.3) is 0 Å². The van der Waals surface area contributed by atoms with Gasteiger partial charge < -0.3 is 45.7 Å². The molecule has 0 spiro atoms. The first-order valence-corrected chi connectivity index (χ1v) is 22.0. The van der Waals surface area contributed by atoms with Gasteiger partial charge in [-0.3, -0.25) is 34.8 Å². The summed E-state index contributed by atoms with van der Waals surface area (Å²) in [5.41, 5.74) is 4.89. The van der Waals surface area contributed by atoms with Crippen LogP contribution < -0.4 is 31.2 Å². The lowest BCUT2D eigenvalue weighted by Crippen LogP contribution is -2.51. The lowest BCUT2D eigenvalue weighted by molar-refractivity contribution is -0.384. The lowest BCUT2D eigenvalue weighted by Gasteiger charge is -2.35. The van der Waals surface area contributed by atoms with Crippen LogP contribution in [0.5, 0.6) is 23.0 Å². The average molecular weight is 977 g/mol. The molecule has 23 nitrogen and oxygen atoms in total. The van der Waals surface area contributed by atoms with Crippen LogP contribution in [0.1, 0.15) is 87.5 Å². The first kappa shape index (κ1) is 56.3. The smallest absolute Gasteiger partial charge is 0.411 e. The minimum Gasteiger partial charge on any atom is -0.480 e. The fourth-order valence-corrected chi connectivity index (χ4v) is 6.86. The molecule has 0 bridgehead atoms. The van der Waals surface area contributed by atoms with Crippen molar-refractivity contribution in [2.45, 2.75) is 111 Å². The van der Waals surface area contributed by atoms with E-state index in [0.717, 1.165) is 25.7 Å². The Morgan fingerprint density at radius 2 is 1.10 bits per heavy atom. The molecule has 2 saturated heterocycles. The number of likely N-dealkylation sites (tertiary alicyclic amines) is 2. The monoisotopic (exact) mass is 976 g/mol. The van der Waals surface area contributed by atoms with Crippen molar-refractivity contribution < 1.29 is 53.1 Å². The van der Waals surface area contributed by atoms with E-state index < -0.39 is 51.3 Å². The zero-order valence-corrected chi connectivity index (χ0v) is 39.8. The second-order valence-corrected chi connectivity index (χ2v) is 17.6. The molecule has 0 radical (unpaired) electrons. The number of ether oxygens (including phenoxy) is 4. The minimum atomic E-state index is -0.953. The van der Waals surface area contributed by atoms with Crippen molar-refractivity contribution >= 4 is 58.4 Å². The Kier molecular flexibility index (Phi) is 20.4. The largest absolute Gasteiger partial charge is 0.480 e. The van der Waals surface area contributed by atoms with Gasteiger partial charge >= 0.3 is 18.2 Å². The average Bonchev–Trinajstić information content (AvgIpc) is 3.28. The second kappa shape index (κ2) is 25.4. The van der Waals surface area contributed by atoms with Crippen molar-refractivity contribution in [1.29, 1.82) is 0 Å². The van der Waals surface area contributed by atoms with Crippen molar-refractivity contribution in [2.75, 3.05) is 48.9 Å². The summed E-state index contributed by atoms with van der Waals surface area (Å²) in [4.78, 5) is 80.3. The number of nitro groups is 2. The predicted molar refractivity (Wildman–Crippen MR) is 262 cm³/mol. The van der Waals surface area contributed by atoms with E-state index in [9.17, 15) is 39.4 Å². The highest BCUT2D eigenvalue weighted by Gasteiger charge is 2.36. The summed E-state index contributed by atoms with van der Waals surface area (Å²) in [5.74, 6) is 0.657. The fraction of sp³-hybridized carbons (Fsp3) is 0.447. The van der Waals surface area contributed by atoms with Crippen molar-refractivity contribution in [1.82, 2.24) is 19.8 Å². The summed E-state index contributed by atoms with van der Waals surface area (Å²) in [5, 5.41) is 39.5. The van der Waals surface area contributed by atoms with E-state index in [1.54, 1.807) is 92.0 Å². The number of hydrogen-bond donors (Lipinski definition) is 5. The number of piperidine rings is 2. The Hall–Kier alpha value is -7.98. The molecule has 2 atom stereocenters. The number of carboxylic acids is 1. The molecule has 0 aliphatic carbocycles. The lowest BCUT2D eigenvalue weighted by atomic mass is 10.0. The van der Waals surface area contributed by atoms with Gasteiger partial charge in [-0.1, -0.05) is 7.43 Å². The van der Waals surface area contributed by atoms with Crippen LogP contribution in [0.2, 0.25) is 0 Å². The van der Waals surface area contributed by atoms with Crippen molar-refractivity contribution in [2.24, 2.45) is 0 Å². The van der Waals surface area contributed by atoms with E-state index in [1.807, 2.05) is 0 Å². The molecular formula is C47H64N10O13. The second-order valence-electron chi connectivity index (χ2n) is 17.6. The number of carbonyl (C=O) groups is 4. The van der Waals surface area contributed by atoms with Gasteiger partial charge in [-0.15, -0.1) is 0 Å². The van der Waals surface area contributed by atoms with E-state index in [4.69, 9.17) is 29.8 Å².